The van der Waals surface area contributed by atoms with E-state index >= 15 is 0 Å². The van der Waals surface area contributed by atoms with E-state index in [0.717, 1.165) is 6.42 Å². The van der Waals surface area contributed by atoms with Crippen molar-refractivity contribution in [2.75, 3.05) is 33.8 Å². The van der Waals surface area contributed by atoms with Crippen molar-refractivity contribution in [3.8, 4) is 5.75 Å². The van der Waals surface area contributed by atoms with Gasteiger partial charge in [-0.15, -0.1) is 0 Å². The molecule has 1 N–H and O–H groups in total. The highest BCUT2D eigenvalue weighted by Crippen LogP contribution is 2.40. The minimum absolute atomic E-state index is 0.0959. The van der Waals surface area contributed by atoms with Gasteiger partial charge in [0.25, 0.3) is 17.4 Å². The first kappa shape index (κ1) is 23.9. The summed E-state index contributed by atoms with van der Waals surface area (Å²) in [5, 5.41) is 22.4. The van der Waals surface area contributed by atoms with Crippen molar-refractivity contribution >= 4 is 23.1 Å². The number of likely N-dealkylation sites (N-methyl/N-ethyl adjacent to an activating group) is 1. The van der Waals surface area contributed by atoms with Crippen LogP contribution in [0.2, 0.25) is 0 Å². The Morgan fingerprint density at radius 1 is 1.18 bits per heavy atom. The van der Waals surface area contributed by atoms with Gasteiger partial charge in [0.15, 0.2) is 0 Å². The van der Waals surface area contributed by atoms with E-state index in [1.165, 1.54) is 23.1 Å². The number of ketones is 1. The summed E-state index contributed by atoms with van der Waals surface area (Å²) in [6, 6.07) is 11.4. The summed E-state index contributed by atoms with van der Waals surface area (Å²) in [7, 11) is 3.67. The molecule has 0 aromatic heterocycles. The molecule has 174 valence electrons. The van der Waals surface area contributed by atoms with Crippen LogP contribution in [-0.2, 0) is 9.59 Å². The van der Waals surface area contributed by atoms with Gasteiger partial charge in [-0.25, -0.2) is 0 Å². The lowest BCUT2D eigenvalue weighted by atomic mass is 9.95. The van der Waals surface area contributed by atoms with E-state index in [2.05, 4.69) is 0 Å². The van der Waals surface area contributed by atoms with Gasteiger partial charge in [-0.3, -0.25) is 19.7 Å². The molecule has 1 atom stereocenters. The Kier molecular flexibility index (Phi) is 7.44. The van der Waals surface area contributed by atoms with E-state index in [1.807, 2.05) is 25.9 Å². The number of nitro benzene ring substituents is 1. The van der Waals surface area contributed by atoms with Crippen LogP contribution in [0.5, 0.6) is 5.75 Å². The monoisotopic (exact) mass is 453 g/mol. The molecule has 2 aromatic carbocycles. The van der Waals surface area contributed by atoms with Gasteiger partial charge in [0, 0.05) is 30.8 Å². The number of rotatable bonds is 9. The Labute approximate surface area is 192 Å². The van der Waals surface area contributed by atoms with Crippen molar-refractivity contribution in [1.82, 2.24) is 9.80 Å². The molecule has 0 saturated carbocycles. The lowest BCUT2D eigenvalue weighted by Crippen LogP contribution is -2.35. The summed E-state index contributed by atoms with van der Waals surface area (Å²) in [6.07, 6.45) is 0.849. The number of nitro groups is 1. The maximum absolute atomic E-state index is 13.0. The molecule has 1 amide bonds. The number of aliphatic hydroxyl groups excluding tert-OH is 1. The van der Waals surface area contributed by atoms with Gasteiger partial charge in [-0.2, -0.15) is 0 Å². The highest BCUT2D eigenvalue weighted by Gasteiger charge is 2.46. The number of amides is 1. The van der Waals surface area contributed by atoms with Gasteiger partial charge in [-0.05, 0) is 50.3 Å². The van der Waals surface area contributed by atoms with Crippen LogP contribution in [0.15, 0.2) is 54.1 Å². The van der Waals surface area contributed by atoms with Crippen LogP contribution in [0.4, 0.5) is 5.69 Å². The zero-order chi connectivity index (χ0) is 24.1. The van der Waals surface area contributed by atoms with Crippen LogP contribution in [-0.4, -0.2) is 65.3 Å². The van der Waals surface area contributed by atoms with Crippen LogP contribution in [0.25, 0.3) is 5.76 Å². The van der Waals surface area contributed by atoms with Crippen molar-refractivity contribution in [3.63, 3.8) is 0 Å². The van der Waals surface area contributed by atoms with Crippen LogP contribution < -0.4 is 4.74 Å². The van der Waals surface area contributed by atoms with Crippen LogP contribution in [0.1, 0.15) is 30.5 Å². The van der Waals surface area contributed by atoms with Gasteiger partial charge in [0.1, 0.15) is 11.5 Å². The second-order valence-electron chi connectivity index (χ2n) is 8.02. The minimum atomic E-state index is -0.944. The molecular formula is C24H27N3O6. The number of aliphatic hydroxyl groups is 1. The van der Waals surface area contributed by atoms with E-state index in [4.69, 9.17) is 4.74 Å². The predicted octanol–water partition coefficient (Wildman–Crippen LogP) is 3.37. The second kappa shape index (κ2) is 10.3. The number of carbonyl (C=O) groups is 2. The minimum Gasteiger partial charge on any atom is -0.507 e. The van der Waals surface area contributed by atoms with E-state index in [-0.39, 0.29) is 23.6 Å². The Balaban J connectivity index is 2.10. The molecule has 1 aliphatic rings. The van der Waals surface area contributed by atoms with E-state index in [1.54, 1.807) is 30.3 Å². The number of non-ortho nitro benzene ring substituents is 1. The van der Waals surface area contributed by atoms with Crippen LogP contribution in [0, 0.1) is 10.1 Å². The molecule has 1 aliphatic heterocycles. The number of Topliss-reactive ketones (excluding diaryl/α,β-unsaturated/α-hetero) is 1. The molecule has 2 aromatic rings. The van der Waals surface area contributed by atoms with Crippen molar-refractivity contribution < 1.29 is 24.4 Å². The maximum Gasteiger partial charge on any atom is 0.295 e. The van der Waals surface area contributed by atoms with Crippen molar-refractivity contribution in [3.05, 3.63) is 75.3 Å². The summed E-state index contributed by atoms with van der Waals surface area (Å²) in [5.74, 6) is -1.29. The smallest absolute Gasteiger partial charge is 0.295 e. The molecule has 9 heteroatoms. The normalized spacial score (nSPS) is 17.6. The van der Waals surface area contributed by atoms with Gasteiger partial charge < -0.3 is 19.6 Å². The lowest BCUT2D eigenvalue weighted by molar-refractivity contribution is -0.384. The summed E-state index contributed by atoms with van der Waals surface area (Å²) in [4.78, 5) is 39.9. The third-order valence-corrected chi connectivity index (χ3v) is 5.33. The van der Waals surface area contributed by atoms with Crippen molar-refractivity contribution in [1.29, 1.82) is 0 Å². The molecule has 33 heavy (non-hydrogen) atoms. The van der Waals surface area contributed by atoms with E-state index < -0.39 is 22.7 Å². The fourth-order valence-corrected chi connectivity index (χ4v) is 3.66. The summed E-state index contributed by atoms with van der Waals surface area (Å²) < 4.78 is 5.56. The predicted molar refractivity (Wildman–Crippen MR) is 123 cm³/mol. The molecule has 0 unspecified atom stereocenters. The molecule has 0 aliphatic carbocycles. The first-order chi connectivity index (χ1) is 15.7. The third kappa shape index (κ3) is 5.20. The number of ether oxygens (including phenoxy) is 1. The van der Waals surface area contributed by atoms with Gasteiger partial charge >= 0.3 is 0 Å². The number of hydrogen-bond donors (Lipinski definition) is 1. The molecule has 0 spiro atoms. The first-order valence-electron chi connectivity index (χ1n) is 10.6. The highest BCUT2D eigenvalue weighted by atomic mass is 16.6. The topological polar surface area (TPSA) is 113 Å². The fourth-order valence-electron chi connectivity index (χ4n) is 3.66. The molecule has 0 bridgehead atoms. The average Bonchev–Trinajstić information content (AvgIpc) is 3.06. The molecule has 0 radical (unpaired) electrons. The number of benzene rings is 2. The molecule has 1 heterocycles. The SMILES string of the molecule is CCCOc1ccc(C(O)=C2C(=O)C(=O)N(CCN(C)C)[C@H]2c2cccc([N+](=O)[O-])c2)cc1. The quantitative estimate of drug-likeness (QED) is 0.204. The number of carbonyl (C=O) groups excluding carboxylic acids is 2. The Morgan fingerprint density at radius 3 is 2.48 bits per heavy atom. The number of likely N-dealkylation sites (tertiary alicyclic amines) is 1. The lowest BCUT2D eigenvalue weighted by Gasteiger charge is -2.26. The molecule has 3 rings (SSSR count). The summed E-state index contributed by atoms with van der Waals surface area (Å²) in [5.41, 5.74) is 0.469. The van der Waals surface area contributed by atoms with Gasteiger partial charge in [-0.1, -0.05) is 19.1 Å². The Morgan fingerprint density at radius 2 is 1.88 bits per heavy atom. The van der Waals surface area contributed by atoms with E-state index in [9.17, 15) is 24.8 Å². The number of hydrogen-bond acceptors (Lipinski definition) is 7. The van der Waals surface area contributed by atoms with E-state index in [0.29, 0.717) is 30.0 Å². The first-order valence-corrected chi connectivity index (χ1v) is 10.6. The van der Waals surface area contributed by atoms with Crippen LogP contribution in [0.3, 0.4) is 0 Å². The zero-order valence-electron chi connectivity index (χ0n) is 18.9. The van der Waals surface area contributed by atoms with Gasteiger partial charge in [0.05, 0.1) is 23.1 Å². The standard InChI is InChI=1S/C24H27N3O6/c1-4-14-33-19-10-8-16(9-11-19)22(28)20-21(17-6-5-7-18(15-17)27(31)32)26(13-12-25(2)3)24(30)23(20)29/h5-11,15,21,28H,4,12-14H2,1-3H3/t21-/m0/s1. The van der Waals surface area contributed by atoms with Crippen molar-refractivity contribution in [2.45, 2.75) is 19.4 Å². The van der Waals surface area contributed by atoms with Gasteiger partial charge in [0.2, 0.25) is 0 Å². The fraction of sp³-hybridized carbons (Fsp3) is 0.333. The summed E-state index contributed by atoms with van der Waals surface area (Å²) >= 11 is 0. The Bertz CT molecular complexity index is 1080. The highest BCUT2D eigenvalue weighted by molar-refractivity contribution is 6.46. The Hall–Kier alpha value is -3.72. The molecule has 9 nitrogen and oxygen atoms in total. The number of nitrogens with zero attached hydrogens (tertiary/aromatic N) is 3. The average molecular weight is 453 g/mol. The van der Waals surface area contributed by atoms with Crippen LogP contribution >= 0.6 is 0 Å². The maximum atomic E-state index is 13.0. The summed E-state index contributed by atoms with van der Waals surface area (Å²) in [6.45, 7) is 3.23. The van der Waals surface area contributed by atoms with Crippen molar-refractivity contribution in [2.24, 2.45) is 0 Å². The zero-order valence-corrected chi connectivity index (χ0v) is 18.9. The molecule has 1 fully saturated rings. The second-order valence-corrected chi connectivity index (χ2v) is 8.02. The molecule has 1 saturated heterocycles. The molecular weight excluding hydrogens is 426 g/mol. The largest absolute Gasteiger partial charge is 0.507 e. The third-order valence-electron chi connectivity index (χ3n) is 5.33.